The Balaban J connectivity index is 3.57. The molecular weight excluding hydrogens is 162 g/mol. The predicted octanol–water partition coefficient (Wildman–Crippen LogP) is 1.92. The molecule has 0 saturated carbocycles. The summed E-state index contributed by atoms with van der Waals surface area (Å²) in [7, 11) is 0. The van der Waals surface area contributed by atoms with Crippen LogP contribution in [0.3, 0.4) is 0 Å². The summed E-state index contributed by atoms with van der Waals surface area (Å²) in [6.07, 6.45) is 2.09. The molecular formula is C8H16ClNO. The maximum Gasteiger partial charge on any atom is 0.237 e. The number of alkyl halides is 1. The molecule has 2 nitrogen and oxygen atoms in total. The van der Waals surface area contributed by atoms with Gasteiger partial charge in [-0.3, -0.25) is 4.79 Å². The molecule has 0 aliphatic heterocycles. The number of carbonyl (C=O) groups is 1. The second kappa shape index (κ2) is 5.42. The summed E-state index contributed by atoms with van der Waals surface area (Å²) in [6, 6.07) is 0.244. The van der Waals surface area contributed by atoms with Crippen LogP contribution in [0, 0.1) is 0 Å². The lowest BCUT2D eigenvalue weighted by atomic mass is 10.2. The molecule has 0 radical (unpaired) electrons. The van der Waals surface area contributed by atoms with E-state index in [1.165, 1.54) is 0 Å². The van der Waals surface area contributed by atoms with E-state index in [1.807, 2.05) is 6.92 Å². The Morgan fingerprint density at radius 3 is 2.45 bits per heavy atom. The van der Waals surface area contributed by atoms with E-state index in [9.17, 15) is 4.79 Å². The van der Waals surface area contributed by atoms with E-state index < -0.39 is 5.38 Å². The quantitative estimate of drug-likeness (QED) is 0.654. The van der Waals surface area contributed by atoms with Crippen LogP contribution in [-0.2, 0) is 4.79 Å². The maximum absolute atomic E-state index is 11.0. The average Bonchev–Trinajstić information content (AvgIpc) is 1.87. The summed E-state index contributed by atoms with van der Waals surface area (Å²) in [5.74, 6) is -0.0763. The van der Waals surface area contributed by atoms with Gasteiger partial charge in [-0.25, -0.2) is 0 Å². The zero-order chi connectivity index (χ0) is 8.85. The molecule has 0 aromatic rings. The molecule has 0 rings (SSSR count). The van der Waals surface area contributed by atoms with Gasteiger partial charge in [-0.1, -0.05) is 13.3 Å². The number of hydrogen-bond donors (Lipinski definition) is 1. The zero-order valence-corrected chi connectivity index (χ0v) is 8.11. The molecule has 0 unspecified atom stereocenters. The molecule has 0 aliphatic rings. The van der Waals surface area contributed by atoms with Gasteiger partial charge in [0.2, 0.25) is 5.91 Å². The molecule has 3 heteroatoms. The summed E-state index contributed by atoms with van der Waals surface area (Å²) in [5.41, 5.74) is 0. The van der Waals surface area contributed by atoms with E-state index in [4.69, 9.17) is 11.6 Å². The Hall–Kier alpha value is -0.240. The van der Waals surface area contributed by atoms with E-state index in [2.05, 4.69) is 12.2 Å². The molecule has 1 N–H and O–H groups in total. The highest BCUT2D eigenvalue weighted by Gasteiger charge is 2.10. The van der Waals surface area contributed by atoms with Gasteiger partial charge >= 0.3 is 0 Å². The van der Waals surface area contributed by atoms with Crippen LogP contribution in [0.25, 0.3) is 0 Å². The van der Waals surface area contributed by atoms with Gasteiger partial charge in [0, 0.05) is 6.04 Å². The van der Waals surface area contributed by atoms with Crippen molar-refractivity contribution in [1.82, 2.24) is 5.32 Å². The largest absolute Gasteiger partial charge is 0.352 e. The summed E-state index contributed by atoms with van der Waals surface area (Å²) < 4.78 is 0. The zero-order valence-electron chi connectivity index (χ0n) is 7.36. The van der Waals surface area contributed by atoms with Crippen LogP contribution < -0.4 is 5.32 Å². The SMILES string of the molecule is CCC[C@@H](C)NC(=O)[C@@H](C)Cl. The van der Waals surface area contributed by atoms with Crippen LogP contribution >= 0.6 is 11.6 Å². The summed E-state index contributed by atoms with van der Waals surface area (Å²) in [4.78, 5) is 11.0. The normalized spacial score (nSPS) is 15.6. The molecule has 11 heavy (non-hydrogen) atoms. The van der Waals surface area contributed by atoms with Crippen molar-refractivity contribution in [3.8, 4) is 0 Å². The molecule has 0 heterocycles. The van der Waals surface area contributed by atoms with Crippen molar-refractivity contribution in [3.63, 3.8) is 0 Å². The highest BCUT2D eigenvalue weighted by molar-refractivity contribution is 6.30. The highest BCUT2D eigenvalue weighted by Crippen LogP contribution is 1.98. The lowest BCUT2D eigenvalue weighted by Crippen LogP contribution is -2.36. The second-order valence-electron chi connectivity index (χ2n) is 2.81. The lowest BCUT2D eigenvalue weighted by molar-refractivity contribution is -0.121. The van der Waals surface area contributed by atoms with Gasteiger partial charge in [0.1, 0.15) is 5.38 Å². The van der Waals surface area contributed by atoms with Gasteiger partial charge < -0.3 is 5.32 Å². The van der Waals surface area contributed by atoms with Crippen LogP contribution in [0.15, 0.2) is 0 Å². The van der Waals surface area contributed by atoms with Gasteiger partial charge in [0.05, 0.1) is 0 Å². The molecule has 0 aliphatic carbocycles. The third-order valence-corrected chi connectivity index (χ3v) is 1.67. The van der Waals surface area contributed by atoms with E-state index in [1.54, 1.807) is 6.92 Å². The number of amides is 1. The maximum atomic E-state index is 11.0. The first kappa shape index (κ1) is 10.8. The first-order chi connectivity index (χ1) is 5.07. The van der Waals surface area contributed by atoms with Crippen molar-refractivity contribution >= 4 is 17.5 Å². The molecule has 1 amide bonds. The fraction of sp³-hybridized carbons (Fsp3) is 0.875. The molecule has 0 aromatic heterocycles. The minimum atomic E-state index is -0.422. The molecule has 0 fully saturated rings. The number of rotatable bonds is 4. The number of halogens is 1. The van der Waals surface area contributed by atoms with Crippen LogP contribution in [0.1, 0.15) is 33.6 Å². The molecule has 0 spiro atoms. The second-order valence-corrected chi connectivity index (χ2v) is 3.47. The fourth-order valence-corrected chi connectivity index (χ4v) is 0.926. The standard InChI is InChI=1S/C8H16ClNO/c1-4-5-6(2)10-8(11)7(3)9/h6-7H,4-5H2,1-3H3,(H,10,11)/t6-,7-/m1/s1. The predicted molar refractivity (Wildman–Crippen MR) is 47.8 cm³/mol. The van der Waals surface area contributed by atoms with E-state index >= 15 is 0 Å². The topological polar surface area (TPSA) is 29.1 Å². The summed E-state index contributed by atoms with van der Waals surface area (Å²) in [6.45, 7) is 5.75. The minimum Gasteiger partial charge on any atom is -0.352 e. The molecule has 2 atom stereocenters. The Morgan fingerprint density at radius 2 is 2.09 bits per heavy atom. The van der Waals surface area contributed by atoms with Crippen LogP contribution in [-0.4, -0.2) is 17.3 Å². The van der Waals surface area contributed by atoms with E-state index in [-0.39, 0.29) is 11.9 Å². The van der Waals surface area contributed by atoms with Crippen molar-refractivity contribution in [2.45, 2.75) is 45.0 Å². The van der Waals surface area contributed by atoms with Crippen molar-refractivity contribution in [1.29, 1.82) is 0 Å². The van der Waals surface area contributed by atoms with E-state index in [0.717, 1.165) is 12.8 Å². The minimum absolute atomic E-state index is 0.0763. The Bertz CT molecular complexity index is 125. The van der Waals surface area contributed by atoms with Gasteiger partial charge in [0.25, 0.3) is 0 Å². The molecule has 66 valence electrons. The van der Waals surface area contributed by atoms with Crippen molar-refractivity contribution < 1.29 is 4.79 Å². The fourth-order valence-electron chi connectivity index (χ4n) is 0.863. The van der Waals surface area contributed by atoms with Crippen LogP contribution in [0.5, 0.6) is 0 Å². The summed E-state index contributed by atoms with van der Waals surface area (Å²) in [5, 5.41) is 2.39. The lowest BCUT2D eigenvalue weighted by Gasteiger charge is -2.13. The van der Waals surface area contributed by atoms with Crippen molar-refractivity contribution in [2.75, 3.05) is 0 Å². The smallest absolute Gasteiger partial charge is 0.237 e. The van der Waals surface area contributed by atoms with Gasteiger partial charge in [-0.15, -0.1) is 11.6 Å². The molecule has 0 bridgehead atoms. The highest BCUT2D eigenvalue weighted by atomic mass is 35.5. The third-order valence-electron chi connectivity index (χ3n) is 1.47. The number of hydrogen-bond acceptors (Lipinski definition) is 1. The van der Waals surface area contributed by atoms with Gasteiger partial charge in [-0.2, -0.15) is 0 Å². The molecule has 0 saturated heterocycles. The number of nitrogens with one attached hydrogen (secondary N) is 1. The Morgan fingerprint density at radius 1 is 1.55 bits per heavy atom. The number of carbonyl (C=O) groups excluding carboxylic acids is 1. The van der Waals surface area contributed by atoms with Crippen molar-refractivity contribution in [2.24, 2.45) is 0 Å². The average molecular weight is 178 g/mol. The molecule has 0 aromatic carbocycles. The Labute approximate surface area is 73.3 Å². The first-order valence-electron chi connectivity index (χ1n) is 4.02. The van der Waals surface area contributed by atoms with Crippen LogP contribution in [0.2, 0.25) is 0 Å². The van der Waals surface area contributed by atoms with Crippen LogP contribution in [0.4, 0.5) is 0 Å². The first-order valence-corrected chi connectivity index (χ1v) is 4.46. The van der Waals surface area contributed by atoms with Gasteiger partial charge in [-0.05, 0) is 20.3 Å². The van der Waals surface area contributed by atoms with Gasteiger partial charge in [0.15, 0.2) is 0 Å². The summed E-state index contributed by atoms with van der Waals surface area (Å²) >= 11 is 5.56. The van der Waals surface area contributed by atoms with Crippen molar-refractivity contribution in [3.05, 3.63) is 0 Å². The monoisotopic (exact) mass is 177 g/mol. The Kier molecular flexibility index (Phi) is 5.30. The van der Waals surface area contributed by atoms with E-state index in [0.29, 0.717) is 0 Å². The third kappa shape index (κ3) is 5.08.